The summed E-state index contributed by atoms with van der Waals surface area (Å²) in [6, 6.07) is -0.467. The van der Waals surface area contributed by atoms with E-state index in [-0.39, 0.29) is 12.5 Å². The molecule has 8 heteroatoms. The third-order valence-corrected chi connectivity index (χ3v) is 3.23. The Morgan fingerprint density at radius 3 is 3.20 bits per heavy atom. The highest BCUT2D eigenvalue weighted by molar-refractivity contribution is 7.16. The predicted octanol–water partition coefficient (Wildman–Crippen LogP) is 0.668. The van der Waals surface area contributed by atoms with Crippen LogP contribution in [0.5, 0.6) is 0 Å². The van der Waals surface area contributed by atoms with Crippen molar-refractivity contribution in [3.63, 3.8) is 0 Å². The average Bonchev–Trinajstić information content (AvgIpc) is 3.09. The molecule has 7 nitrogen and oxygen atoms in total. The molecule has 1 amide bonds. The van der Waals surface area contributed by atoms with E-state index in [9.17, 15) is 4.79 Å². The minimum absolute atomic E-state index is 0.0326. The average molecular weight is 291 g/mol. The zero-order valence-electron chi connectivity index (χ0n) is 10.8. The van der Waals surface area contributed by atoms with Crippen molar-refractivity contribution in [2.75, 3.05) is 11.9 Å². The Kier molecular flexibility index (Phi) is 4.81. The summed E-state index contributed by atoms with van der Waals surface area (Å²) in [5.41, 5.74) is 0. The third-order valence-electron chi connectivity index (χ3n) is 2.40. The molecule has 20 heavy (non-hydrogen) atoms. The van der Waals surface area contributed by atoms with Gasteiger partial charge in [-0.2, -0.15) is 5.10 Å². The molecule has 0 radical (unpaired) electrons. The molecule has 0 aliphatic carbocycles. The van der Waals surface area contributed by atoms with Gasteiger partial charge in [0.25, 0.3) is 5.91 Å². The fourth-order valence-corrected chi connectivity index (χ4v) is 2.04. The zero-order chi connectivity index (χ0) is 14.4. The first kappa shape index (κ1) is 14.2. The molecule has 0 saturated carbocycles. The van der Waals surface area contributed by atoms with Gasteiger partial charge >= 0.3 is 0 Å². The number of nitrogens with zero attached hydrogens (tertiary/aromatic N) is 4. The molecule has 2 aromatic heterocycles. The summed E-state index contributed by atoms with van der Waals surface area (Å²) in [5, 5.41) is 15.7. The van der Waals surface area contributed by atoms with Gasteiger partial charge in [0.1, 0.15) is 18.7 Å². The SMILES string of the molecule is CC(C(=O)Nc1ncc(C#CCCO)s1)n1cncn1. The highest BCUT2D eigenvalue weighted by atomic mass is 32.1. The van der Waals surface area contributed by atoms with E-state index in [1.54, 1.807) is 13.1 Å². The van der Waals surface area contributed by atoms with Gasteiger partial charge in [0.05, 0.1) is 17.7 Å². The summed E-state index contributed by atoms with van der Waals surface area (Å²) in [5.74, 6) is 5.44. The molecule has 0 aliphatic heterocycles. The normalized spacial score (nSPS) is 11.5. The van der Waals surface area contributed by atoms with Gasteiger partial charge in [-0.1, -0.05) is 23.2 Å². The van der Waals surface area contributed by atoms with Crippen LogP contribution < -0.4 is 5.32 Å². The molecule has 2 aromatic rings. The van der Waals surface area contributed by atoms with E-state index in [4.69, 9.17) is 5.11 Å². The van der Waals surface area contributed by atoms with Crippen molar-refractivity contribution >= 4 is 22.4 Å². The van der Waals surface area contributed by atoms with Gasteiger partial charge in [-0.15, -0.1) is 0 Å². The summed E-state index contributed by atoms with van der Waals surface area (Å²) >= 11 is 1.28. The molecule has 2 rings (SSSR count). The maximum absolute atomic E-state index is 12.0. The second-order valence-corrected chi connectivity index (χ2v) is 4.88. The molecule has 1 unspecified atom stereocenters. The second kappa shape index (κ2) is 6.79. The maximum atomic E-state index is 12.0. The zero-order valence-corrected chi connectivity index (χ0v) is 11.6. The highest BCUT2D eigenvalue weighted by Gasteiger charge is 2.16. The number of hydrogen-bond donors (Lipinski definition) is 2. The molecule has 0 bridgehead atoms. The van der Waals surface area contributed by atoms with Gasteiger partial charge in [0.15, 0.2) is 5.13 Å². The van der Waals surface area contributed by atoms with Crippen LogP contribution >= 0.6 is 11.3 Å². The van der Waals surface area contributed by atoms with Gasteiger partial charge in [-0.25, -0.2) is 14.6 Å². The molecule has 1 atom stereocenters. The molecule has 0 fully saturated rings. The summed E-state index contributed by atoms with van der Waals surface area (Å²) in [4.78, 5) is 20.6. The summed E-state index contributed by atoms with van der Waals surface area (Å²) in [7, 11) is 0. The Labute approximate surface area is 119 Å². The van der Waals surface area contributed by atoms with Crippen molar-refractivity contribution in [1.82, 2.24) is 19.7 Å². The van der Waals surface area contributed by atoms with E-state index in [2.05, 4.69) is 32.2 Å². The number of aliphatic hydroxyl groups is 1. The number of rotatable bonds is 4. The number of carbonyl (C=O) groups excluding carboxylic acids is 1. The van der Waals surface area contributed by atoms with Crippen LogP contribution in [0, 0.1) is 11.8 Å². The van der Waals surface area contributed by atoms with Crippen molar-refractivity contribution < 1.29 is 9.90 Å². The van der Waals surface area contributed by atoms with Gasteiger partial charge in [0.2, 0.25) is 0 Å². The van der Waals surface area contributed by atoms with Crippen LogP contribution in [-0.2, 0) is 4.79 Å². The smallest absolute Gasteiger partial charge is 0.250 e. The van der Waals surface area contributed by atoms with Crippen LogP contribution in [0.4, 0.5) is 5.13 Å². The number of hydrogen-bond acceptors (Lipinski definition) is 6. The number of anilines is 1. The van der Waals surface area contributed by atoms with Crippen molar-refractivity contribution in [3.05, 3.63) is 23.7 Å². The predicted molar refractivity (Wildman–Crippen MR) is 74.1 cm³/mol. The maximum Gasteiger partial charge on any atom is 0.250 e. The Hall–Kier alpha value is -2.24. The molecule has 2 N–H and O–H groups in total. The first-order valence-corrected chi connectivity index (χ1v) is 6.73. The molecule has 0 saturated heterocycles. The monoisotopic (exact) mass is 291 g/mol. The Morgan fingerprint density at radius 1 is 1.65 bits per heavy atom. The fraction of sp³-hybridized carbons (Fsp3) is 0.333. The van der Waals surface area contributed by atoms with E-state index in [0.29, 0.717) is 11.6 Å². The van der Waals surface area contributed by atoms with Crippen LogP contribution in [0.15, 0.2) is 18.9 Å². The Balaban J connectivity index is 1.97. The number of amides is 1. The van der Waals surface area contributed by atoms with E-state index >= 15 is 0 Å². The van der Waals surface area contributed by atoms with Gasteiger partial charge in [-0.3, -0.25) is 4.79 Å². The van der Waals surface area contributed by atoms with Crippen LogP contribution in [0.25, 0.3) is 0 Å². The number of carbonyl (C=O) groups is 1. The number of thiazole rings is 1. The molecule has 104 valence electrons. The van der Waals surface area contributed by atoms with E-state index in [0.717, 1.165) is 4.88 Å². The quantitative estimate of drug-likeness (QED) is 0.808. The standard InChI is InChI=1S/C12H13N5O2S/c1-9(17-8-13-7-15-17)11(19)16-12-14-6-10(20-12)4-2-3-5-18/h6-9,18H,3,5H2,1H3,(H,14,16,19). The molecular formula is C12H13N5O2S. The first-order chi connectivity index (χ1) is 9.70. The van der Waals surface area contributed by atoms with Crippen LogP contribution in [0.1, 0.15) is 24.3 Å². The summed E-state index contributed by atoms with van der Waals surface area (Å²) in [6.07, 6.45) is 4.87. The largest absolute Gasteiger partial charge is 0.395 e. The Bertz CT molecular complexity index is 626. The van der Waals surface area contributed by atoms with Crippen LogP contribution in [-0.4, -0.2) is 37.4 Å². The lowest BCUT2D eigenvalue weighted by molar-refractivity contribution is -0.119. The van der Waals surface area contributed by atoms with Crippen LogP contribution in [0.2, 0.25) is 0 Å². The van der Waals surface area contributed by atoms with Crippen LogP contribution in [0.3, 0.4) is 0 Å². The Morgan fingerprint density at radius 2 is 2.50 bits per heavy atom. The van der Waals surface area contributed by atoms with Gasteiger partial charge in [0, 0.05) is 6.42 Å². The number of aromatic nitrogens is 4. The van der Waals surface area contributed by atoms with Crippen molar-refractivity contribution in [2.24, 2.45) is 0 Å². The molecule has 0 aliphatic rings. The van der Waals surface area contributed by atoms with Crippen molar-refractivity contribution in [3.8, 4) is 11.8 Å². The highest BCUT2D eigenvalue weighted by Crippen LogP contribution is 2.18. The molecule has 0 aromatic carbocycles. The minimum atomic E-state index is -0.467. The molecule has 0 spiro atoms. The summed E-state index contributed by atoms with van der Waals surface area (Å²) in [6.45, 7) is 1.75. The third kappa shape index (κ3) is 3.63. The van der Waals surface area contributed by atoms with E-state index < -0.39 is 6.04 Å². The van der Waals surface area contributed by atoms with Crippen molar-refractivity contribution in [2.45, 2.75) is 19.4 Å². The molecule has 2 heterocycles. The van der Waals surface area contributed by atoms with E-state index in [1.165, 1.54) is 28.7 Å². The molecular weight excluding hydrogens is 278 g/mol. The van der Waals surface area contributed by atoms with Gasteiger partial charge in [-0.05, 0) is 6.92 Å². The van der Waals surface area contributed by atoms with Gasteiger partial charge < -0.3 is 10.4 Å². The lowest BCUT2D eigenvalue weighted by atomic mass is 10.3. The lowest BCUT2D eigenvalue weighted by Gasteiger charge is -2.09. The van der Waals surface area contributed by atoms with E-state index in [1.807, 2.05) is 0 Å². The number of aliphatic hydroxyl groups excluding tert-OH is 1. The first-order valence-electron chi connectivity index (χ1n) is 5.91. The topological polar surface area (TPSA) is 92.9 Å². The second-order valence-electron chi connectivity index (χ2n) is 3.85. The fourth-order valence-electron chi connectivity index (χ4n) is 1.34. The summed E-state index contributed by atoms with van der Waals surface area (Å²) < 4.78 is 1.46. The van der Waals surface area contributed by atoms with Crippen molar-refractivity contribution in [1.29, 1.82) is 0 Å². The lowest BCUT2D eigenvalue weighted by Crippen LogP contribution is -2.23. The number of nitrogens with one attached hydrogen (secondary N) is 1. The minimum Gasteiger partial charge on any atom is -0.395 e.